The third-order valence-corrected chi connectivity index (χ3v) is 2.78. The Morgan fingerprint density at radius 3 is 2.81 bits per heavy atom. The second-order valence-electron chi connectivity index (χ2n) is 3.22. The van der Waals surface area contributed by atoms with E-state index in [0.717, 1.165) is 0 Å². The smallest absolute Gasteiger partial charge is 0.258 e. The Bertz CT molecular complexity index is 406. The van der Waals surface area contributed by atoms with Crippen molar-refractivity contribution in [3.05, 3.63) is 28.2 Å². The van der Waals surface area contributed by atoms with E-state index in [2.05, 4.69) is 15.9 Å². The molecule has 1 amide bonds. The highest BCUT2D eigenvalue weighted by molar-refractivity contribution is 9.10. The van der Waals surface area contributed by atoms with E-state index in [1.807, 2.05) is 0 Å². The summed E-state index contributed by atoms with van der Waals surface area (Å²) in [4.78, 5) is 21.7. The van der Waals surface area contributed by atoms with E-state index in [0.29, 0.717) is 28.5 Å². The van der Waals surface area contributed by atoms with Crippen molar-refractivity contribution in [2.24, 2.45) is 5.73 Å². The van der Waals surface area contributed by atoms with Gasteiger partial charge in [-0.15, -0.1) is 0 Å². The maximum Gasteiger partial charge on any atom is 0.258 e. The van der Waals surface area contributed by atoms with Gasteiger partial charge in [-0.3, -0.25) is 9.59 Å². The van der Waals surface area contributed by atoms with Crippen molar-refractivity contribution in [1.29, 1.82) is 0 Å². The number of carbonyl (C=O) groups is 2. The molecule has 0 aromatic heterocycles. The van der Waals surface area contributed by atoms with Gasteiger partial charge in [-0.25, -0.2) is 0 Å². The van der Waals surface area contributed by atoms with Crippen LogP contribution in [0.3, 0.4) is 0 Å². The first kappa shape index (κ1) is 12.7. The zero-order valence-electron chi connectivity index (χ0n) is 8.77. The number of amides is 1. The Morgan fingerprint density at radius 1 is 1.62 bits per heavy atom. The van der Waals surface area contributed by atoms with Crippen LogP contribution in [0, 0.1) is 0 Å². The molecule has 0 saturated heterocycles. The van der Waals surface area contributed by atoms with Gasteiger partial charge in [-0.05, 0) is 24.6 Å². The average Bonchev–Trinajstić information content (AvgIpc) is 2.27. The van der Waals surface area contributed by atoms with Gasteiger partial charge in [-0.2, -0.15) is 0 Å². The zero-order chi connectivity index (χ0) is 12.1. The van der Waals surface area contributed by atoms with Crippen molar-refractivity contribution >= 4 is 28.1 Å². The van der Waals surface area contributed by atoms with Crippen molar-refractivity contribution in [2.75, 3.05) is 0 Å². The third kappa shape index (κ3) is 3.06. The molecule has 2 N–H and O–H groups in total. The normalized spacial score (nSPS) is 11.9. The molecule has 0 aliphatic rings. The molecular formula is C11H12BrNO3. The highest BCUT2D eigenvalue weighted by Crippen LogP contribution is 2.22. The van der Waals surface area contributed by atoms with Crippen LogP contribution in [-0.4, -0.2) is 18.3 Å². The lowest BCUT2D eigenvalue weighted by atomic mass is 10.2. The number of hydrogen-bond donors (Lipinski definition) is 1. The number of hydrogen-bond acceptors (Lipinski definition) is 3. The molecule has 1 aromatic carbocycles. The molecule has 0 radical (unpaired) electrons. The summed E-state index contributed by atoms with van der Waals surface area (Å²) in [7, 11) is 0. The molecule has 1 aromatic rings. The minimum atomic E-state index is -0.666. The second kappa shape index (κ2) is 5.65. The van der Waals surface area contributed by atoms with Gasteiger partial charge >= 0.3 is 0 Å². The quantitative estimate of drug-likeness (QED) is 0.840. The van der Waals surface area contributed by atoms with Crippen LogP contribution in [0.1, 0.15) is 23.7 Å². The van der Waals surface area contributed by atoms with E-state index in [-0.39, 0.29) is 0 Å². The van der Waals surface area contributed by atoms with Crippen LogP contribution < -0.4 is 10.5 Å². The van der Waals surface area contributed by atoms with Gasteiger partial charge in [0, 0.05) is 10.0 Å². The number of ether oxygens (including phenoxy) is 1. The Kier molecular flexibility index (Phi) is 4.49. The van der Waals surface area contributed by atoms with Crippen molar-refractivity contribution in [3.8, 4) is 5.75 Å². The summed E-state index contributed by atoms with van der Waals surface area (Å²) in [5, 5.41) is 0. The van der Waals surface area contributed by atoms with Gasteiger partial charge in [0.25, 0.3) is 5.91 Å². The van der Waals surface area contributed by atoms with Crippen LogP contribution in [0.2, 0.25) is 0 Å². The predicted molar refractivity (Wildman–Crippen MR) is 63.4 cm³/mol. The number of nitrogens with two attached hydrogens (primary N) is 1. The molecular weight excluding hydrogens is 274 g/mol. The second-order valence-corrected chi connectivity index (χ2v) is 4.07. The highest BCUT2D eigenvalue weighted by Gasteiger charge is 2.14. The molecule has 0 fully saturated rings. The molecule has 5 heteroatoms. The largest absolute Gasteiger partial charge is 0.481 e. The highest BCUT2D eigenvalue weighted by atomic mass is 79.9. The minimum Gasteiger partial charge on any atom is -0.481 e. The van der Waals surface area contributed by atoms with Crippen LogP contribution in [0.4, 0.5) is 0 Å². The fourth-order valence-electron chi connectivity index (χ4n) is 1.19. The topological polar surface area (TPSA) is 69.4 Å². The van der Waals surface area contributed by atoms with Crippen molar-refractivity contribution in [3.63, 3.8) is 0 Å². The van der Waals surface area contributed by atoms with E-state index in [4.69, 9.17) is 10.5 Å². The average molecular weight is 286 g/mol. The zero-order valence-corrected chi connectivity index (χ0v) is 10.4. The molecule has 0 heterocycles. The molecule has 0 bridgehead atoms. The van der Waals surface area contributed by atoms with Crippen molar-refractivity contribution in [1.82, 2.24) is 0 Å². The van der Waals surface area contributed by atoms with Crippen LogP contribution in [0.5, 0.6) is 5.75 Å². The summed E-state index contributed by atoms with van der Waals surface area (Å²) in [5.74, 6) is -0.0611. The fourth-order valence-corrected chi connectivity index (χ4v) is 1.53. The van der Waals surface area contributed by atoms with Gasteiger partial charge in [0.1, 0.15) is 5.75 Å². The first-order valence-electron chi connectivity index (χ1n) is 4.79. The third-order valence-electron chi connectivity index (χ3n) is 2.06. The van der Waals surface area contributed by atoms with E-state index < -0.39 is 12.0 Å². The summed E-state index contributed by atoms with van der Waals surface area (Å²) in [6.45, 7) is 1.80. The molecule has 0 aliphatic heterocycles. The maximum absolute atomic E-state index is 11.0. The molecule has 16 heavy (non-hydrogen) atoms. The molecule has 1 atom stereocenters. The molecule has 0 spiro atoms. The number of halogens is 1. The predicted octanol–water partition coefficient (Wildman–Crippen LogP) is 1.90. The molecule has 0 aliphatic carbocycles. The summed E-state index contributed by atoms with van der Waals surface area (Å²) >= 11 is 3.22. The Balaban J connectivity index is 2.89. The first-order valence-corrected chi connectivity index (χ1v) is 5.58. The van der Waals surface area contributed by atoms with Crippen LogP contribution in [0.25, 0.3) is 0 Å². The SMILES string of the molecule is CCC(Oc1ccc(Br)c(C=O)c1)C(N)=O. The minimum absolute atomic E-state index is 0.455. The van der Waals surface area contributed by atoms with Crippen LogP contribution >= 0.6 is 15.9 Å². The van der Waals surface area contributed by atoms with Gasteiger partial charge in [-0.1, -0.05) is 22.9 Å². The standard InChI is InChI=1S/C11H12BrNO3/c1-2-10(11(13)15)16-8-3-4-9(12)7(5-8)6-14/h3-6,10H,2H2,1H3,(H2,13,15). The molecule has 86 valence electrons. The summed E-state index contributed by atoms with van der Waals surface area (Å²) in [6, 6.07) is 4.91. The number of rotatable bonds is 5. The Labute approximate surface area is 102 Å². The monoisotopic (exact) mass is 285 g/mol. The van der Waals surface area contributed by atoms with E-state index in [9.17, 15) is 9.59 Å². The van der Waals surface area contributed by atoms with Crippen molar-refractivity contribution < 1.29 is 14.3 Å². The lowest BCUT2D eigenvalue weighted by Crippen LogP contribution is -2.32. The first-order chi connectivity index (χ1) is 7.58. The van der Waals surface area contributed by atoms with Crippen LogP contribution in [0.15, 0.2) is 22.7 Å². The summed E-state index contributed by atoms with van der Waals surface area (Å²) in [5.41, 5.74) is 5.62. The number of benzene rings is 1. The van der Waals surface area contributed by atoms with Crippen molar-refractivity contribution in [2.45, 2.75) is 19.4 Å². The summed E-state index contributed by atoms with van der Waals surface area (Å²) in [6.07, 6.45) is 0.532. The molecule has 1 rings (SSSR count). The van der Waals surface area contributed by atoms with Gasteiger partial charge in [0.05, 0.1) is 0 Å². The maximum atomic E-state index is 11.0. The van der Waals surface area contributed by atoms with Crippen LogP contribution in [-0.2, 0) is 4.79 Å². The van der Waals surface area contributed by atoms with E-state index in [1.165, 1.54) is 0 Å². The Morgan fingerprint density at radius 2 is 2.31 bits per heavy atom. The summed E-state index contributed by atoms with van der Waals surface area (Å²) < 4.78 is 6.05. The number of carbonyl (C=O) groups excluding carboxylic acids is 2. The molecule has 4 nitrogen and oxygen atoms in total. The molecule has 1 unspecified atom stereocenters. The number of aldehydes is 1. The van der Waals surface area contributed by atoms with Gasteiger partial charge < -0.3 is 10.5 Å². The Hall–Kier alpha value is -1.36. The number of primary amides is 1. The van der Waals surface area contributed by atoms with Gasteiger partial charge in [0.15, 0.2) is 12.4 Å². The van der Waals surface area contributed by atoms with Gasteiger partial charge in [0.2, 0.25) is 0 Å². The molecule has 0 saturated carbocycles. The lowest BCUT2D eigenvalue weighted by Gasteiger charge is -2.14. The lowest BCUT2D eigenvalue weighted by molar-refractivity contribution is -0.124. The van der Waals surface area contributed by atoms with E-state index in [1.54, 1.807) is 25.1 Å². The van der Waals surface area contributed by atoms with E-state index >= 15 is 0 Å². The fraction of sp³-hybridized carbons (Fsp3) is 0.273.